The average molecular weight is 549 g/mol. The van der Waals surface area contributed by atoms with Crippen molar-refractivity contribution < 1.29 is 17.7 Å². The maximum Gasteiger partial charge on any atom is 0.182 e. The fourth-order valence-electron chi connectivity index (χ4n) is 4.18. The minimum Gasteiger partial charge on any atom is -0.494 e. The van der Waals surface area contributed by atoms with Gasteiger partial charge in [0, 0.05) is 75.7 Å². The van der Waals surface area contributed by atoms with Crippen molar-refractivity contribution in [1.29, 1.82) is 0 Å². The van der Waals surface area contributed by atoms with Gasteiger partial charge in [0.25, 0.3) is 0 Å². The molecule has 8 nitrogen and oxygen atoms in total. The Morgan fingerprint density at radius 1 is 1.08 bits per heavy atom. The van der Waals surface area contributed by atoms with Crippen molar-refractivity contribution in [3.8, 4) is 17.3 Å². The molecular weight excluding hydrogens is 522 g/mol. The molecule has 0 aliphatic heterocycles. The van der Waals surface area contributed by atoms with Crippen LogP contribution in [-0.2, 0) is 23.8 Å². The van der Waals surface area contributed by atoms with Crippen LogP contribution in [0.25, 0.3) is 22.4 Å². The number of aryl methyl sites for hydroxylation is 1. The van der Waals surface area contributed by atoms with Gasteiger partial charge in [0.15, 0.2) is 5.82 Å². The number of hydrogen-bond donors (Lipinski definition) is 1. The Balaban J connectivity index is 1.56. The molecule has 0 radical (unpaired) electrons. The van der Waals surface area contributed by atoms with E-state index in [1.54, 1.807) is 36.5 Å². The number of nitrogens with one attached hydrogen (secondary N) is 1. The zero-order valence-corrected chi connectivity index (χ0v) is 22.2. The van der Waals surface area contributed by atoms with Gasteiger partial charge in [0.2, 0.25) is 0 Å². The number of rotatable bonds is 10. The van der Waals surface area contributed by atoms with Crippen molar-refractivity contribution >= 4 is 33.2 Å². The molecule has 3 heterocycles. The van der Waals surface area contributed by atoms with Crippen LogP contribution in [0.15, 0.2) is 67.1 Å². The molecule has 0 saturated heterocycles. The molecule has 0 saturated carbocycles. The van der Waals surface area contributed by atoms with E-state index in [-0.39, 0.29) is 17.9 Å². The minimum atomic E-state index is -0.982. The third-order valence-corrected chi connectivity index (χ3v) is 6.85. The fourth-order valence-corrected chi connectivity index (χ4v) is 4.69. The quantitative estimate of drug-likeness (QED) is 0.254. The molecule has 5 rings (SSSR count). The van der Waals surface area contributed by atoms with Gasteiger partial charge in [-0.1, -0.05) is 18.2 Å². The van der Waals surface area contributed by atoms with Crippen LogP contribution in [0.3, 0.4) is 0 Å². The highest BCUT2D eigenvalue weighted by Gasteiger charge is 2.20. The van der Waals surface area contributed by atoms with Crippen LogP contribution < -0.4 is 10.1 Å². The number of halogens is 2. The molecule has 3 aromatic heterocycles. The van der Waals surface area contributed by atoms with E-state index >= 15 is 0 Å². The standard InChI is InChI=1S/C28H26F2N6O2S/c1-3-38-20-14-23(29)22(24(30)15-20)17-36-25-7-5-4-6-21(25)26(35-36)28-32-16-18(10-13-39(2)37)27(34-28)33-19-8-11-31-12-9-19/h4-9,11-12,14-16H,3,10,13,17H2,1-2H3,(H,31,32,33,34)/t39-/m1/s1. The third kappa shape index (κ3) is 5.93. The Morgan fingerprint density at radius 3 is 2.54 bits per heavy atom. The Labute approximate surface area is 226 Å². The Hall–Kier alpha value is -4.25. The van der Waals surface area contributed by atoms with Crippen LogP contribution in [0.5, 0.6) is 5.75 Å². The average Bonchev–Trinajstić information content (AvgIpc) is 3.29. The summed E-state index contributed by atoms with van der Waals surface area (Å²) in [6.07, 6.45) is 7.19. The van der Waals surface area contributed by atoms with Gasteiger partial charge in [0.05, 0.1) is 18.7 Å². The van der Waals surface area contributed by atoms with Gasteiger partial charge < -0.3 is 10.1 Å². The number of aromatic nitrogens is 5. The molecule has 1 N–H and O–H groups in total. The molecule has 0 fully saturated rings. The number of anilines is 2. The highest BCUT2D eigenvalue weighted by atomic mass is 32.2. The van der Waals surface area contributed by atoms with Crippen molar-refractivity contribution in [2.75, 3.05) is 23.9 Å². The van der Waals surface area contributed by atoms with Crippen LogP contribution in [0.2, 0.25) is 0 Å². The second kappa shape index (κ2) is 11.6. The van der Waals surface area contributed by atoms with Gasteiger partial charge in [-0.3, -0.25) is 13.9 Å². The normalized spacial score (nSPS) is 12.0. The summed E-state index contributed by atoms with van der Waals surface area (Å²) in [4.78, 5) is 13.4. The molecule has 5 aromatic rings. The van der Waals surface area contributed by atoms with Crippen molar-refractivity contribution in [2.45, 2.75) is 19.9 Å². The van der Waals surface area contributed by atoms with Crippen LogP contribution >= 0.6 is 0 Å². The highest BCUT2D eigenvalue weighted by Crippen LogP contribution is 2.30. The molecule has 11 heteroatoms. The van der Waals surface area contributed by atoms with Crippen molar-refractivity contribution in [2.24, 2.45) is 0 Å². The number of nitrogens with zero attached hydrogens (tertiary/aromatic N) is 5. The van der Waals surface area contributed by atoms with Gasteiger partial charge in [-0.25, -0.2) is 18.7 Å². The molecule has 2 aromatic carbocycles. The van der Waals surface area contributed by atoms with Crippen molar-refractivity contribution in [3.63, 3.8) is 0 Å². The lowest BCUT2D eigenvalue weighted by Crippen LogP contribution is -2.08. The molecule has 1 atom stereocenters. The molecule has 0 unspecified atom stereocenters. The molecule has 0 aliphatic rings. The zero-order chi connectivity index (χ0) is 27.4. The maximum absolute atomic E-state index is 14.9. The van der Waals surface area contributed by atoms with E-state index < -0.39 is 22.4 Å². The summed E-state index contributed by atoms with van der Waals surface area (Å²) in [5.74, 6) is 0.0748. The molecular formula is C28H26F2N6O2S. The molecule has 0 amide bonds. The zero-order valence-electron chi connectivity index (χ0n) is 21.4. The molecule has 39 heavy (non-hydrogen) atoms. The third-order valence-electron chi connectivity index (χ3n) is 6.07. The fraction of sp³-hybridized carbons (Fsp3) is 0.214. The number of hydrogen-bond acceptors (Lipinski definition) is 7. The van der Waals surface area contributed by atoms with Crippen LogP contribution in [0.1, 0.15) is 18.1 Å². The maximum atomic E-state index is 14.9. The van der Waals surface area contributed by atoms with Crippen LogP contribution in [0.4, 0.5) is 20.3 Å². The largest absolute Gasteiger partial charge is 0.494 e. The van der Waals surface area contributed by atoms with Gasteiger partial charge >= 0.3 is 0 Å². The van der Waals surface area contributed by atoms with Gasteiger partial charge in [-0.05, 0) is 31.5 Å². The lowest BCUT2D eigenvalue weighted by molar-refractivity contribution is 0.335. The second-order valence-corrected chi connectivity index (χ2v) is 10.3. The first-order valence-electron chi connectivity index (χ1n) is 12.3. The van der Waals surface area contributed by atoms with Crippen molar-refractivity contribution in [1.82, 2.24) is 24.7 Å². The Kier molecular flexibility index (Phi) is 7.87. The molecule has 200 valence electrons. The van der Waals surface area contributed by atoms with Crippen molar-refractivity contribution in [3.05, 3.63) is 89.9 Å². The first-order chi connectivity index (χ1) is 18.9. The highest BCUT2D eigenvalue weighted by molar-refractivity contribution is 7.84. The number of benzene rings is 2. The number of para-hydroxylation sites is 1. The van der Waals surface area contributed by atoms with E-state index in [4.69, 9.17) is 9.72 Å². The van der Waals surface area contributed by atoms with Gasteiger partial charge in [-0.2, -0.15) is 5.10 Å². The smallest absolute Gasteiger partial charge is 0.182 e. The SMILES string of the molecule is CCOc1cc(F)c(Cn2nc(-c3ncc(CC[S@@](C)=O)c(Nc4ccncc4)n3)c3ccccc32)c(F)c1. The van der Waals surface area contributed by atoms with E-state index in [0.717, 1.165) is 16.6 Å². The monoisotopic (exact) mass is 548 g/mol. The van der Waals surface area contributed by atoms with Crippen LogP contribution in [0, 0.1) is 11.6 Å². The topological polar surface area (TPSA) is 94.8 Å². The van der Waals surface area contributed by atoms with Gasteiger partial charge in [0.1, 0.15) is 28.9 Å². The second-order valence-electron chi connectivity index (χ2n) is 8.78. The van der Waals surface area contributed by atoms with E-state index in [1.807, 2.05) is 36.4 Å². The molecule has 0 aliphatic carbocycles. The lowest BCUT2D eigenvalue weighted by Gasteiger charge is -2.11. The summed E-state index contributed by atoms with van der Waals surface area (Å²) in [7, 11) is -0.982. The summed E-state index contributed by atoms with van der Waals surface area (Å²) in [6, 6.07) is 13.4. The number of fused-ring (bicyclic) bond motifs is 1. The summed E-state index contributed by atoms with van der Waals surface area (Å²) in [5, 5.41) is 8.72. The number of ether oxygens (including phenoxy) is 1. The van der Waals surface area contributed by atoms with Crippen LogP contribution in [-0.4, -0.2) is 47.6 Å². The summed E-state index contributed by atoms with van der Waals surface area (Å²) >= 11 is 0. The first kappa shape index (κ1) is 26.4. The molecule has 0 bridgehead atoms. The van der Waals surface area contributed by atoms with E-state index in [9.17, 15) is 13.0 Å². The predicted molar refractivity (Wildman–Crippen MR) is 148 cm³/mol. The Morgan fingerprint density at radius 2 is 1.82 bits per heavy atom. The van der Waals surface area contributed by atoms with E-state index in [2.05, 4.69) is 20.4 Å². The Bertz CT molecular complexity index is 1620. The van der Waals surface area contributed by atoms with E-state index in [1.165, 1.54) is 12.1 Å². The minimum absolute atomic E-state index is 0.123. The molecule has 0 spiro atoms. The summed E-state index contributed by atoms with van der Waals surface area (Å²) in [6.45, 7) is 1.92. The lowest BCUT2D eigenvalue weighted by atomic mass is 10.1. The summed E-state index contributed by atoms with van der Waals surface area (Å²) in [5.41, 5.74) is 2.61. The van der Waals surface area contributed by atoms with Gasteiger partial charge in [-0.15, -0.1) is 0 Å². The summed E-state index contributed by atoms with van der Waals surface area (Å²) < 4.78 is 48.3. The van der Waals surface area contributed by atoms with E-state index in [0.29, 0.717) is 41.6 Å². The number of pyridine rings is 1. The predicted octanol–water partition coefficient (Wildman–Crippen LogP) is 5.28. The first-order valence-corrected chi connectivity index (χ1v) is 14.0.